The van der Waals surface area contributed by atoms with Crippen LogP contribution in [0.25, 0.3) is 0 Å². The number of aryl methyl sites for hydroxylation is 1. The third kappa shape index (κ3) is 5.33. The van der Waals surface area contributed by atoms with Gasteiger partial charge in [0, 0.05) is 11.4 Å². The fourth-order valence-electron chi connectivity index (χ4n) is 1.20. The number of nitrogens with two attached hydrogens (primary N) is 1. The van der Waals surface area contributed by atoms with E-state index in [4.69, 9.17) is 17.3 Å². The van der Waals surface area contributed by atoms with Crippen molar-refractivity contribution in [2.24, 2.45) is 5.73 Å². The lowest BCUT2D eigenvalue weighted by Gasteiger charge is -2.06. The Morgan fingerprint density at radius 2 is 1.94 bits per heavy atom. The Bertz CT molecular complexity index is 409. The molecule has 0 saturated heterocycles. The summed E-state index contributed by atoms with van der Waals surface area (Å²) in [5.74, 6) is -0.701. The first kappa shape index (κ1) is 13.5. The average Bonchev–Trinajstić information content (AvgIpc) is 2.33. The summed E-state index contributed by atoms with van der Waals surface area (Å²) >= 11 is 5.81. The van der Waals surface area contributed by atoms with Crippen LogP contribution in [0.4, 0.5) is 0 Å². The molecular formula is C11H14ClN3O2. The van der Waals surface area contributed by atoms with Gasteiger partial charge in [0.2, 0.25) is 5.91 Å². The van der Waals surface area contributed by atoms with Crippen LogP contribution in [0.1, 0.15) is 12.0 Å². The molecule has 0 atom stereocenters. The number of hydrazine groups is 1. The number of carbonyl (C=O) groups is 2. The van der Waals surface area contributed by atoms with Gasteiger partial charge in [0.1, 0.15) is 0 Å². The van der Waals surface area contributed by atoms with Gasteiger partial charge in [-0.15, -0.1) is 0 Å². The lowest BCUT2D eigenvalue weighted by Crippen LogP contribution is -2.44. The van der Waals surface area contributed by atoms with Crippen LogP contribution in [-0.4, -0.2) is 18.4 Å². The van der Waals surface area contributed by atoms with Gasteiger partial charge in [-0.2, -0.15) is 0 Å². The fourth-order valence-corrected chi connectivity index (χ4v) is 1.42. The highest BCUT2D eigenvalue weighted by molar-refractivity contribution is 6.30. The fraction of sp³-hybridized carbons (Fsp3) is 0.273. The SMILES string of the molecule is NCC(=O)NNC(=O)CCc1cccc(Cl)c1. The third-order valence-corrected chi connectivity index (χ3v) is 2.29. The molecule has 0 fully saturated rings. The Labute approximate surface area is 104 Å². The van der Waals surface area contributed by atoms with Gasteiger partial charge in [-0.1, -0.05) is 23.7 Å². The van der Waals surface area contributed by atoms with Crippen molar-refractivity contribution in [3.63, 3.8) is 0 Å². The summed E-state index contributed by atoms with van der Waals surface area (Å²) in [6, 6.07) is 7.28. The molecule has 0 saturated carbocycles. The summed E-state index contributed by atoms with van der Waals surface area (Å²) in [4.78, 5) is 22.1. The smallest absolute Gasteiger partial charge is 0.252 e. The van der Waals surface area contributed by atoms with Crippen LogP contribution in [0, 0.1) is 0 Å². The highest BCUT2D eigenvalue weighted by atomic mass is 35.5. The minimum atomic E-state index is -0.430. The molecule has 0 unspecified atom stereocenters. The van der Waals surface area contributed by atoms with E-state index in [0.29, 0.717) is 11.4 Å². The first-order chi connectivity index (χ1) is 8.11. The second-order valence-electron chi connectivity index (χ2n) is 3.43. The lowest BCUT2D eigenvalue weighted by molar-refractivity contribution is -0.128. The molecule has 0 bridgehead atoms. The van der Waals surface area contributed by atoms with Gasteiger partial charge in [-0.25, -0.2) is 0 Å². The van der Waals surface area contributed by atoms with Crippen molar-refractivity contribution in [1.82, 2.24) is 10.9 Å². The quantitative estimate of drug-likeness (QED) is 0.680. The van der Waals surface area contributed by atoms with Gasteiger partial charge in [0.05, 0.1) is 6.54 Å². The zero-order chi connectivity index (χ0) is 12.7. The summed E-state index contributed by atoms with van der Waals surface area (Å²) in [7, 11) is 0. The number of carbonyl (C=O) groups excluding carboxylic acids is 2. The van der Waals surface area contributed by atoms with Gasteiger partial charge in [-0.05, 0) is 24.1 Å². The number of hydrogen-bond acceptors (Lipinski definition) is 3. The van der Waals surface area contributed by atoms with Crippen molar-refractivity contribution >= 4 is 23.4 Å². The van der Waals surface area contributed by atoms with Crippen LogP contribution < -0.4 is 16.6 Å². The van der Waals surface area contributed by atoms with E-state index in [9.17, 15) is 9.59 Å². The summed E-state index contributed by atoms with van der Waals surface area (Å²) in [5, 5.41) is 0.638. The first-order valence-corrected chi connectivity index (χ1v) is 5.52. The minimum Gasteiger partial charge on any atom is -0.322 e. The summed E-state index contributed by atoms with van der Waals surface area (Å²) in [6.45, 7) is -0.158. The van der Waals surface area contributed by atoms with E-state index in [0.717, 1.165) is 5.56 Å². The summed E-state index contributed by atoms with van der Waals surface area (Å²) in [6.07, 6.45) is 0.829. The van der Waals surface area contributed by atoms with Gasteiger partial charge >= 0.3 is 0 Å². The monoisotopic (exact) mass is 255 g/mol. The molecule has 0 radical (unpaired) electrons. The van der Waals surface area contributed by atoms with E-state index in [1.807, 2.05) is 12.1 Å². The Hall–Kier alpha value is -1.59. The number of amides is 2. The van der Waals surface area contributed by atoms with Crippen LogP contribution in [0.2, 0.25) is 5.02 Å². The van der Waals surface area contributed by atoms with Crippen LogP contribution in [0.3, 0.4) is 0 Å². The number of hydrogen-bond donors (Lipinski definition) is 3. The maximum atomic E-state index is 11.3. The highest BCUT2D eigenvalue weighted by Gasteiger charge is 2.03. The Balaban J connectivity index is 2.31. The van der Waals surface area contributed by atoms with Crippen LogP contribution in [-0.2, 0) is 16.0 Å². The number of halogens is 1. The van der Waals surface area contributed by atoms with Gasteiger partial charge in [0.15, 0.2) is 0 Å². The molecule has 1 aromatic carbocycles. The van der Waals surface area contributed by atoms with Crippen molar-refractivity contribution in [3.05, 3.63) is 34.9 Å². The largest absolute Gasteiger partial charge is 0.322 e. The van der Waals surface area contributed by atoms with E-state index in [2.05, 4.69) is 10.9 Å². The van der Waals surface area contributed by atoms with Crippen molar-refractivity contribution in [2.75, 3.05) is 6.54 Å². The second kappa shape index (κ2) is 6.88. The summed E-state index contributed by atoms with van der Waals surface area (Å²) < 4.78 is 0. The predicted molar refractivity (Wildman–Crippen MR) is 65.1 cm³/mol. The normalized spacial score (nSPS) is 9.76. The molecule has 4 N–H and O–H groups in total. The Kier molecular flexibility index (Phi) is 5.45. The Morgan fingerprint density at radius 1 is 1.24 bits per heavy atom. The van der Waals surface area contributed by atoms with Gasteiger partial charge in [-0.3, -0.25) is 20.4 Å². The van der Waals surface area contributed by atoms with E-state index in [1.54, 1.807) is 12.1 Å². The minimum absolute atomic E-state index is 0.158. The number of nitrogens with one attached hydrogen (secondary N) is 2. The summed E-state index contributed by atoms with van der Waals surface area (Å²) in [5.41, 5.74) is 10.5. The molecule has 0 aliphatic carbocycles. The third-order valence-electron chi connectivity index (χ3n) is 2.06. The topological polar surface area (TPSA) is 84.2 Å². The van der Waals surface area contributed by atoms with Crippen LogP contribution in [0.15, 0.2) is 24.3 Å². The van der Waals surface area contributed by atoms with Crippen LogP contribution in [0.5, 0.6) is 0 Å². The standard InChI is InChI=1S/C11H14ClN3O2/c12-9-3-1-2-8(6-9)4-5-10(16)14-15-11(17)7-13/h1-3,6H,4-5,7,13H2,(H,14,16)(H,15,17). The molecule has 0 aromatic heterocycles. The molecule has 2 amide bonds. The first-order valence-electron chi connectivity index (χ1n) is 5.14. The molecule has 0 spiro atoms. The molecule has 0 heterocycles. The molecule has 6 heteroatoms. The highest BCUT2D eigenvalue weighted by Crippen LogP contribution is 2.11. The predicted octanol–water partition coefficient (Wildman–Crippen LogP) is 0.379. The molecule has 5 nitrogen and oxygen atoms in total. The zero-order valence-corrected chi connectivity index (χ0v) is 9.96. The van der Waals surface area contributed by atoms with E-state index >= 15 is 0 Å². The maximum Gasteiger partial charge on any atom is 0.252 e. The molecule has 1 rings (SSSR count). The van der Waals surface area contributed by atoms with Crippen LogP contribution >= 0.6 is 11.6 Å². The Morgan fingerprint density at radius 3 is 2.59 bits per heavy atom. The molecule has 1 aromatic rings. The van der Waals surface area contributed by atoms with Crippen molar-refractivity contribution in [1.29, 1.82) is 0 Å². The van der Waals surface area contributed by atoms with E-state index in [-0.39, 0.29) is 18.9 Å². The molecule has 92 valence electrons. The lowest BCUT2D eigenvalue weighted by atomic mass is 10.1. The maximum absolute atomic E-state index is 11.3. The van der Waals surface area contributed by atoms with Crippen molar-refractivity contribution in [3.8, 4) is 0 Å². The number of benzene rings is 1. The van der Waals surface area contributed by atoms with Gasteiger partial charge < -0.3 is 5.73 Å². The van der Waals surface area contributed by atoms with Crippen molar-refractivity contribution < 1.29 is 9.59 Å². The molecule has 0 aliphatic rings. The van der Waals surface area contributed by atoms with E-state index in [1.165, 1.54) is 0 Å². The average molecular weight is 256 g/mol. The molecular weight excluding hydrogens is 242 g/mol. The van der Waals surface area contributed by atoms with Gasteiger partial charge in [0.25, 0.3) is 5.91 Å². The molecule has 17 heavy (non-hydrogen) atoms. The number of rotatable bonds is 4. The molecule has 0 aliphatic heterocycles. The zero-order valence-electron chi connectivity index (χ0n) is 9.20. The second-order valence-corrected chi connectivity index (χ2v) is 3.87. The van der Waals surface area contributed by atoms with E-state index < -0.39 is 5.91 Å². The van der Waals surface area contributed by atoms with Crippen molar-refractivity contribution in [2.45, 2.75) is 12.8 Å².